The average Bonchev–Trinajstić information content (AvgIpc) is 2.83. The first-order valence-electron chi connectivity index (χ1n) is 9.69. The molecule has 2 aromatic carbocycles. The predicted molar refractivity (Wildman–Crippen MR) is 113 cm³/mol. The molecule has 1 aliphatic rings. The number of carbonyl (C=O) groups excluding carboxylic acids is 2. The van der Waals surface area contributed by atoms with Crippen molar-refractivity contribution in [3.8, 4) is 11.5 Å². The molecule has 11 heteroatoms. The van der Waals surface area contributed by atoms with Crippen LogP contribution in [0, 0.1) is 5.82 Å². The second kappa shape index (κ2) is 11.5. The number of benzene rings is 2. The molecule has 0 aliphatic carbocycles. The molecule has 1 aliphatic heterocycles. The third-order valence-electron chi connectivity index (χ3n) is 4.73. The number of nitrogens with zero attached hydrogens (tertiary/aromatic N) is 2. The lowest BCUT2D eigenvalue weighted by Crippen LogP contribution is -2.50. The topological polar surface area (TPSA) is 134 Å². The van der Waals surface area contributed by atoms with Crippen molar-refractivity contribution in [1.29, 1.82) is 0 Å². The third kappa shape index (κ3) is 6.92. The van der Waals surface area contributed by atoms with E-state index in [9.17, 15) is 14.0 Å². The van der Waals surface area contributed by atoms with E-state index >= 15 is 0 Å². The molecule has 1 saturated heterocycles. The zero-order valence-electron chi connectivity index (χ0n) is 18.0. The molecule has 3 rings (SSSR count). The number of carboxylic acid groups (broad SMARTS) is 2. The van der Waals surface area contributed by atoms with E-state index in [0.717, 1.165) is 0 Å². The van der Waals surface area contributed by atoms with E-state index in [1.807, 2.05) is 0 Å². The van der Waals surface area contributed by atoms with E-state index in [1.54, 1.807) is 28.0 Å². The standard InChI is InChI=1S/C20H21FN2O4.C2H2O4/c1-26-17-11-15(12-18(13-17)27-2)20(25)23-9-7-22(8-10-23)19(24)14-3-5-16(21)6-4-14;3-1(4)2(5)6/h3-6,11-13H,7-10H2,1-2H3;(H,3,4)(H,5,6). The molecule has 1 heterocycles. The SMILES string of the molecule is COc1cc(OC)cc(C(=O)N2CCN(C(=O)c3ccc(F)cc3)CC2)c1.O=C(O)C(=O)O. The molecular weight excluding hydrogens is 439 g/mol. The van der Waals surface area contributed by atoms with Gasteiger partial charge in [0.15, 0.2) is 0 Å². The van der Waals surface area contributed by atoms with E-state index in [2.05, 4.69) is 0 Å². The zero-order chi connectivity index (χ0) is 24.5. The number of hydrogen-bond donors (Lipinski definition) is 2. The summed E-state index contributed by atoms with van der Waals surface area (Å²) < 4.78 is 23.4. The van der Waals surface area contributed by atoms with Gasteiger partial charge in [-0.3, -0.25) is 9.59 Å². The van der Waals surface area contributed by atoms with Gasteiger partial charge in [0.2, 0.25) is 0 Å². The number of rotatable bonds is 4. The summed E-state index contributed by atoms with van der Waals surface area (Å²) in [5, 5.41) is 14.8. The van der Waals surface area contributed by atoms with Gasteiger partial charge in [-0.1, -0.05) is 0 Å². The van der Waals surface area contributed by atoms with Crippen molar-refractivity contribution in [1.82, 2.24) is 9.80 Å². The number of methoxy groups -OCH3 is 2. The van der Waals surface area contributed by atoms with Crippen LogP contribution in [0.5, 0.6) is 11.5 Å². The Morgan fingerprint density at radius 1 is 0.727 bits per heavy atom. The highest BCUT2D eigenvalue weighted by molar-refractivity contribution is 6.27. The Hall–Kier alpha value is -4.15. The van der Waals surface area contributed by atoms with Gasteiger partial charge in [0.25, 0.3) is 11.8 Å². The first-order chi connectivity index (χ1) is 15.7. The van der Waals surface area contributed by atoms with Crippen LogP contribution in [-0.2, 0) is 9.59 Å². The Kier molecular flexibility index (Phi) is 8.72. The second-order valence-electron chi connectivity index (χ2n) is 6.80. The Morgan fingerprint density at radius 3 is 1.48 bits per heavy atom. The van der Waals surface area contributed by atoms with Gasteiger partial charge in [-0.15, -0.1) is 0 Å². The fourth-order valence-electron chi connectivity index (χ4n) is 3.00. The average molecular weight is 462 g/mol. The summed E-state index contributed by atoms with van der Waals surface area (Å²) in [6, 6.07) is 10.5. The molecular formula is C22H23FN2O8. The Bertz CT molecular complexity index is 983. The molecule has 2 amide bonds. The molecule has 0 aromatic heterocycles. The summed E-state index contributed by atoms with van der Waals surface area (Å²) in [6.07, 6.45) is 0. The number of carbonyl (C=O) groups is 4. The fraction of sp³-hybridized carbons (Fsp3) is 0.273. The summed E-state index contributed by atoms with van der Waals surface area (Å²) in [5.41, 5.74) is 0.915. The van der Waals surface area contributed by atoms with Crippen LogP contribution >= 0.6 is 0 Å². The molecule has 33 heavy (non-hydrogen) atoms. The first-order valence-corrected chi connectivity index (χ1v) is 9.69. The maximum atomic E-state index is 13.0. The van der Waals surface area contributed by atoms with Gasteiger partial charge in [0.05, 0.1) is 14.2 Å². The van der Waals surface area contributed by atoms with E-state index < -0.39 is 11.9 Å². The molecule has 1 fully saturated rings. The molecule has 0 atom stereocenters. The highest BCUT2D eigenvalue weighted by Gasteiger charge is 2.26. The first kappa shape index (κ1) is 25.1. The van der Waals surface area contributed by atoms with Gasteiger partial charge in [-0.05, 0) is 36.4 Å². The van der Waals surface area contributed by atoms with Crippen molar-refractivity contribution < 1.29 is 43.3 Å². The minimum atomic E-state index is -1.82. The van der Waals surface area contributed by atoms with Crippen molar-refractivity contribution in [2.45, 2.75) is 0 Å². The minimum absolute atomic E-state index is 0.138. The maximum Gasteiger partial charge on any atom is 0.414 e. The molecule has 0 spiro atoms. The van der Waals surface area contributed by atoms with Crippen molar-refractivity contribution in [3.63, 3.8) is 0 Å². The second-order valence-corrected chi connectivity index (χ2v) is 6.80. The summed E-state index contributed by atoms with van der Waals surface area (Å²) in [4.78, 5) is 46.8. The van der Waals surface area contributed by atoms with Crippen LogP contribution in [0.2, 0.25) is 0 Å². The van der Waals surface area contributed by atoms with Crippen LogP contribution in [0.3, 0.4) is 0 Å². The van der Waals surface area contributed by atoms with E-state index in [1.165, 1.54) is 38.5 Å². The van der Waals surface area contributed by atoms with E-state index in [-0.39, 0.29) is 17.6 Å². The van der Waals surface area contributed by atoms with E-state index in [4.69, 9.17) is 29.3 Å². The Morgan fingerprint density at radius 2 is 1.12 bits per heavy atom. The van der Waals surface area contributed by atoms with Crippen LogP contribution in [-0.4, -0.2) is 84.2 Å². The van der Waals surface area contributed by atoms with Crippen LogP contribution in [0.25, 0.3) is 0 Å². The van der Waals surface area contributed by atoms with Gasteiger partial charge < -0.3 is 29.5 Å². The zero-order valence-corrected chi connectivity index (χ0v) is 18.0. The van der Waals surface area contributed by atoms with Crippen LogP contribution < -0.4 is 9.47 Å². The number of ether oxygens (including phenoxy) is 2. The third-order valence-corrected chi connectivity index (χ3v) is 4.73. The maximum absolute atomic E-state index is 13.0. The number of halogens is 1. The molecule has 176 valence electrons. The number of aliphatic carboxylic acids is 2. The van der Waals surface area contributed by atoms with Gasteiger partial charge in [0, 0.05) is 43.4 Å². The quantitative estimate of drug-likeness (QED) is 0.655. The molecule has 0 unspecified atom stereocenters. The van der Waals surface area contributed by atoms with Gasteiger partial charge in [0.1, 0.15) is 17.3 Å². The number of hydrogen-bond acceptors (Lipinski definition) is 6. The lowest BCUT2D eigenvalue weighted by atomic mass is 10.1. The summed E-state index contributed by atoms with van der Waals surface area (Å²) in [7, 11) is 3.06. The van der Waals surface area contributed by atoms with Gasteiger partial charge in [-0.25, -0.2) is 14.0 Å². The lowest BCUT2D eigenvalue weighted by Gasteiger charge is -2.35. The normalized spacial score (nSPS) is 12.8. The fourth-order valence-corrected chi connectivity index (χ4v) is 3.00. The Balaban J connectivity index is 0.000000569. The number of carboxylic acids is 2. The van der Waals surface area contributed by atoms with E-state index in [0.29, 0.717) is 48.8 Å². The van der Waals surface area contributed by atoms with Crippen molar-refractivity contribution in [3.05, 3.63) is 59.4 Å². The van der Waals surface area contributed by atoms with Crippen LogP contribution in [0.15, 0.2) is 42.5 Å². The molecule has 0 radical (unpaired) electrons. The van der Waals surface area contributed by atoms with Crippen molar-refractivity contribution in [2.75, 3.05) is 40.4 Å². The monoisotopic (exact) mass is 462 g/mol. The minimum Gasteiger partial charge on any atom is -0.497 e. The van der Waals surface area contributed by atoms with Gasteiger partial charge in [-0.2, -0.15) is 0 Å². The van der Waals surface area contributed by atoms with Crippen LogP contribution in [0.1, 0.15) is 20.7 Å². The summed E-state index contributed by atoms with van der Waals surface area (Å²) in [6.45, 7) is 1.68. The predicted octanol–water partition coefficient (Wildman–Crippen LogP) is 1.60. The Labute approximate surface area is 188 Å². The van der Waals surface area contributed by atoms with Crippen LogP contribution in [0.4, 0.5) is 4.39 Å². The summed E-state index contributed by atoms with van der Waals surface area (Å²) >= 11 is 0. The molecule has 2 N–H and O–H groups in total. The van der Waals surface area contributed by atoms with Crippen molar-refractivity contribution in [2.24, 2.45) is 0 Å². The number of piperazine rings is 1. The molecule has 0 bridgehead atoms. The largest absolute Gasteiger partial charge is 0.497 e. The highest BCUT2D eigenvalue weighted by Crippen LogP contribution is 2.24. The molecule has 10 nitrogen and oxygen atoms in total. The smallest absolute Gasteiger partial charge is 0.414 e. The molecule has 0 saturated carbocycles. The van der Waals surface area contributed by atoms with Gasteiger partial charge >= 0.3 is 11.9 Å². The lowest BCUT2D eigenvalue weighted by molar-refractivity contribution is -0.159. The highest BCUT2D eigenvalue weighted by atomic mass is 19.1. The number of amides is 2. The molecule has 2 aromatic rings. The summed E-state index contributed by atoms with van der Waals surface area (Å²) in [5.74, 6) is -3.24. The van der Waals surface area contributed by atoms with Crippen molar-refractivity contribution >= 4 is 23.8 Å².